The molecular weight excluding hydrogens is 368 g/mol. The Morgan fingerprint density at radius 3 is 2.35 bits per heavy atom. The Morgan fingerprint density at radius 1 is 1.00 bits per heavy atom. The first kappa shape index (κ1) is 18.4. The summed E-state index contributed by atoms with van der Waals surface area (Å²) in [5.74, 6) is -0.973. The molecule has 26 heavy (non-hydrogen) atoms. The number of Topliss-reactive ketones (excluding diaryl/α,β-unsaturated/α-hetero) is 1. The molecule has 0 bridgehead atoms. The number of aryl methyl sites for hydroxylation is 1. The van der Waals surface area contributed by atoms with Crippen molar-refractivity contribution in [3.05, 3.63) is 81.7 Å². The van der Waals surface area contributed by atoms with Crippen LogP contribution < -0.4 is 0 Å². The SMILES string of the molecule is O=C(CCc1ccccc1)Cc1csc(-c2ccc(Cl)cc2)c1C(=O)O. The topological polar surface area (TPSA) is 54.4 Å². The third-order valence-electron chi connectivity index (χ3n) is 4.11. The number of carbonyl (C=O) groups excluding carboxylic acids is 1. The van der Waals surface area contributed by atoms with Gasteiger partial charge in [-0.2, -0.15) is 0 Å². The zero-order valence-corrected chi connectivity index (χ0v) is 15.5. The van der Waals surface area contributed by atoms with Crippen LogP contribution >= 0.6 is 22.9 Å². The van der Waals surface area contributed by atoms with Crippen molar-refractivity contribution >= 4 is 34.7 Å². The number of carboxylic acid groups (broad SMARTS) is 1. The van der Waals surface area contributed by atoms with Crippen molar-refractivity contribution < 1.29 is 14.7 Å². The van der Waals surface area contributed by atoms with Gasteiger partial charge in [0.2, 0.25) is 0 Å². The lowest BCUT2D eigenvalue weighted by Gasteiger charge is -2.05. The number of carbonyl (C=O) groups is 2. The molecule has 0 fully saturated rings. The molecule has 1 heterocycles. The summed E-state index contributed by atoms with van der Waals surface area (Å²) in [6.07, 6.45) is 1.20. The first-order valence-corrected chi connectivity index (χ1v) is 9.45. The van der Waals surface area contributed by atoms with Crippen LogP contribution in [0.2, 0.25) is 5.02 Å². The predicted molar refractivity (Wildman–Crippen MR) is 105 cm³/mol. The van der Waals surface area contributed by atoms with Crippen LogP contribution in [0.5, 0.6) is 0 Å². The van der Waals surface area contributed by atoms with E-state index in [0.717, 1.165) is 11.1 Å². The van der Waals surface area contributed by atoms with E-state index in [0.29, 0.717) is 28.3 Å². The van der Waals surface area contributed by atoms with E-state index in [1.54, 1.807) is 29.6 Å². The molecular formula is C21H17ClO3S. The average Bonchev–Trinajstić information content (AvgIpc) is 3.05. The number of benzene rings is 2. The van der Waals surface area contributed by atoms with Crippen molar-refractivity contribution in [1.82, 2.24) is 0 Å². The predicted octanol–water partition coefficient (Wildman–Crippen LogP) is 5.51. The third-order valence-corrected chi connectivity index (χ3v) is 5.44. The largest absolute Gasteiger partial charge is 0.478 e. The Kier molecular flexibility index (Phi) is 5.86. The molecule has 1 aromatic heterocycles. The lowest BCUT2D eigenvalue weighted by Crippen LogP contribution is -2.08. The van der Waals surface area contributed by atoms with Gasteiger partial charge in [0.15, 0.2) is 0 Å². The summed E-state index contributed by atoms with van der Waals surface area (Å²) in [5, 5.41) is 12.0. The Labute approximate surface area is 160 Å². The van der Waals surface area contributed by atoms with Gasteiger partial charge in [0.1, 0.15) is 5.78 Å². The summed E-state index contributed by atoms with van der Waals surface area (Å²) in [7, 11) is 0. The van der Waals surface area contributed by atoms with E-state index in [1.165, 1.54) is 11.3 Å². The second kappa shape index (κ2) is 8.30. The van der Waals surface area contributed by atoms with E-state index in [4.69, 9.17) is 11.6 Å². The van der Waals surface area contributed by atoms with Gasteiger partial charge in [-0.25, -0.2) is 4.79 Å². The van der Waals surface area contributed by atoms with Crippen LogP contribution in [0.4, 0.5) is 0 Å². The van der Waals surface area contributed by atoms with Crippen LogP contribution in [0, 0.1) is 0 Å². The molecule has 0 amide bonds. The van der Waals surface area contributed by atoms with Crippen molar-refractivity contribution in [1.29, 1.82) is 0 Å². The van der Waals surface area contributed by atoms with Crippen molar-refractivity contribution in [3.63, 3.8) is 0 Å². The lowest BCUT2D eigenvalue weighted by atomic mass is 9.99. The van der Waals surface area contributed by atoms with Gasteiger partial charge in [-0.15, -0.1) is 11.3 Å². The number of hydrogen-bond acceptors (Lipinski definition) is 3. The summed E-state index contributed by atoms with van der Waals surface area (Å²) < 4.78 is 0. The summed E-state index contributed by atoms with van der Waals surface area (Å²) >= 11 is 7.25. The van der Waals surface area contributed by atoms with Gasteiger partial charge in [0, 0.05) is 22.7 Å². The Hall–Kier alpha value is -2.43. The molecule has 0 saturated heterocycles. The summed E-state index contributed by atoms with van der Waals surface area (Å²) in [5.41, 5.74) is 2.68. The van der Waals surface area contributed by atoms with Gasteiger partial charge in [-0.1, -0.05) is 54.1 Å². The Morgan fingerprint density at radius 2 is 1.69 bits per heavy atom. The second-order valence-electron chi connectivity index (χ2n) is 5.98. The minimum Gasteiger partial charge on any atom is -0.478 e. The van der Waals surface area contributed by atoms with Crippen LogP contribution in [0.25, 0.3) is 10.4 Å². The van der Waals surface area contributed by atoms with E-state index in [1.807, 2.05) is 30.3 Å². The molecule has 0 saturated carbocycles. The zero-order valence-electron chi connectivity index (χ0n) is 13.9. The molecule has 3 nitrogen and oxygen atoms in total. The molecule has 0 aliphatic heterocycles. The molecule has 0 aliphatic rings. The fourth-order valence-electron chi connectivity index (χ4n) is 2.80. The number of rotatable bonds is 7. The standard InChI is InChI=1S/C21H17ClO3S/c22-17-9-7-15(8-10-17)20-19(21(24)25)16(13-26-20)12-18(23)11-6-14-4-2-1-3-5-14/h1-5,7-10,13H,6,11-12H2,(H,24,25). The van der Waals surface area contributed by atoms with Crippen LogP contribution in [0.3, 0.4) is 0 Å². The molecule has 0 spiro atoms. The van der Waals surface area contributed by atoms with Crippen LogP contribution in [-0.4, -0.2) is 16.9 Å². The average molecular weight is 385 g/mol. The highest BCUT2D eigenvalue weighted by atomic mass is 35.5. The fraction of sp³-hybridized carbons (Fsp3) is 0.143. The molecule has 3 rings (SSSR count). The number of aromatic carboxylic acids is 1. The molecule has 0 atom stereocenters. The number of thiophene rings is 1. The van der Waals surface area contributed by atoms with Gasteiger partial charge in [0.05, 0.1) is 5.56 Å². The van der Waals surface area contributed by atoms with Gasteiger partial charge >= 0.3 is 5.97 Å². The van der Waals surface area contributed by atoms with Gasteiger partial charge in [-0.3, -0.25) is 4.79 Å². The number of halogens is 1. The van der Waals surface area contributed by atoms with Crippen LogP contribution in [0.1, 0.15) is 27.9 Å². The summed E-state index contributed by atoms with van der Waals surface area (Å²) in [4.78, 5) is 24.8. The van der Waals surface area contributed by atoms with Gasteiger partial charge in [0.25, 0.3) is 0 Å². The smallest absolute Gasteiger partial charge is 0.337 e. The van der Waals surface area contributed by atoms with Crippen LogP contribution in [0.15, 0.2) is 60.0 Å². The molecule has 5 heteroatoms. The van der Waals surface area contributed by atoms with E-state index in [-0.39, 0.29) is 17.8 Å². The molecule has 132 valence electrons. The fourth-order valence-corrected chi connectivity index (χ4v) is 4.00. The quantitative estimate of drug-likeness (QED) is 0.584. The maximum atomic E-state index is 12.3. The normalized spacial score (nSPS) is 10.7. The molecule has 2 aromatic carbocycles. The van der Waals surface area contributed by atoms with Crippen molar-refractivity contribution in [2.24, 2.45) is 0 Å². The monoisotopic (exact) mass is 384 g/mol. The minimum atomic E-state index is -1.01. The molecule has 0 aliphatic carbocycles. The van der Waals surface area contributed by atoms with E-state index >= 15 is 0 Å². The van der Waals surface area contributed by atoms with E-state index in [9.17, 15) is 14.7 Å². The van der Waals surface area contributed by atoms with Gasteiger partial charge < -0.3 is 5.11 Å². The maximum absolute atomic E-state index is 12.3. The highest BCUT2D eigenvalue weighted by molar-refractivity contribution is 7.14. The molecule has 0 unspecified atom stereocenters. The molecule has 0 radical (unpaired) electrons. The summed E-state index contributed by atoms with van der Waals surface area (Å²) in [6.45, 7) is 0. The van der Waals surface area contributed by atoms with E-state index < -0.39 is 5.97 Å². The van der Waals surface area contributed by atoms with Crippen molar-refractivity contribution in [2.45, 2.75) is 19.3 Å². The maximum Gasteiger partial charge on any atom is 0.337 e. The van der Waals surface area contributed by atoms with Crippen LogP contribution in [-0.2, 0) is 17.6 Å². The molecule has 3 aromatic rings. The zero-order chi connectivity index (χ0) is 18.5. The Bertz CT molecular complexity index is 914. The highest BCUT2D eigenvalue weighted by Crippen LogP contribution is 2.34. The van der Waals surface area contributed by atoms with E-state index in [2.05, 4.69) is 0 Å². The number of hydrogen-bond donors (Lipinski definition) is 1. The lowest BCUT2D eigenvalue weighted by molar-refractivity contribution is -0.118. The first-order chi connectivity index (χ1) is 12.5. The Balaban J connectivity index is 1.76. The third kappa shape index (κ3) is 4.40. The minimum absolute atomic E-state index is 0.0387. The van der Waals surface area contributed by atoms with Crippen molar-refractivity contribution in [2.75, 3.05) is 0 Å². The van der Waals surface area contributed by atoms with Crippen molar-refractivity contribution in [3.8, 4) is 10.4 Å². The van der Waals surface area contributed by atoms with Gasteiger partial charge in [-0.05, 0) is 40.6 Å². The summed E-state index contributed by atoms with van der Waals surface area (Å²) in [6, 6.07) is 16.8. The first-order valence-electron chi connectivity index (χ1n) is 8.20. The number of carboxylic acids is 1. The second-order valence-corrected chi connectivity index (χ2v) is 7.29. The highest BCUT2D eigenvalue weighted by Gasteiger charge is 2.21. The molecule has 1 N–H and O–H groups in total. The number of ketones is 1.